The molecule has 0 saturated heterocycles. The topological polar surface area (TPSA) is 73.6 Å². The normalized spacial score (nSPS) is 11.4. The zero-order valence-electron chi connectivity index (χ0n) is 4.46. The fourth-order valence-corrected chi connectivity index (χ4v) is 0.292. The first-order chi connectivity index (χ1) is 3.85. The lowest BCUT2D eigenvalue weighted by Crippen LogP contribution is -2.11. The molecular formula is C5H7N3. The van der Waals surface area contributed by atoms with Crippen LogP contribution in [-0.4, -0.2) is 6.54 Å². The van der Waals surface area contributed by atoms with E-state index in [0.29, 0.717) is 0 Å². The van der Waals surface area contributed by atoms with Crippen molar-refractivity contribution >= 4 is 0 Å². The number of hydrogen-bond donors (Lipinski definition) is 1. The Morgan fingerprint density at radius 3 is 2.25 bits per heavy atom. The van der Waals surface area contributed by atoms with E-state index in [1.165, 1.54) is 0 Å². The van der Waals surface area contributed by atoms with Gasteiger partial charge in [0, 0.05) is 6.54 Å². The maximum absolute atomic E-state index is 8.18. The maximum Gasteiger partial charge on any atom is 0.0715 e. The van der Waals surface area contributed by atoms with Gasteiger partial charge in [0.25, 0.3) is 0 Å². The van der Waals surface area contributed by atoms with Gasteiger partial charge >= 0.3 is 0 Å². The summed E-state index contributed by atoms with van der Waals surface area (Å²) < 4.78 is 0. The molecule has 0 bridgehead atoms. The van der Waals surface area contributed by atoms with Crippen molar-refractivity contribution in [2.75, 3.05) is 6.54 Å². The summed E-state index contributed by atoms with van der Waals surface area (Å²) in [5.74, 6) is -0.278. The first kappa shape index (κ1) is 6.94. The predicted octanol–water partition coefficient (Wildman–Crippen LogP) is -0.00144. The van der Waals surface area contributed by atoms with Gasteiger partial charge in [0.2, 0.25) is 0 Å². The molecule has 0 heterocycles. The Labute approximate surface area is 48.3 Å². The zero-order valence-corrected chi connectivity index (χ0v) is 4.46. The van der Waals surface area contributed by atoms with Gasteiger partial charge in [-0.15, -0.1) is 0 Å². The van der Waals surface area contributed by atoms with E-state index in [4.69, 9.17) is 16.3 Å². The maximum atomic E-state index is 8.18. The van der Waals surface area contributed by atoms with E-state index in [1.54, 1.807) is 0 Å². The van der Waals surface area contributed by atoms with Gasteiger partial charge in [0.1, 0.15) is 0 Å². The quantitative estimate of drug-likeness (QED) is 0.542. The summed E-state index contributed by atoms with van der Waals surface area (Å²) in [5.41, 5.74) is 5.10. The first-order valence-corrected chi connectivity index (χ1v) is 2.31. The third-order valence-electron chi connectivity index (χ3n) is 0.805. The molecule has 3 heteroatoms. The number of rotatable bonds is 2. The van der Waals surface area contributed by atoms with Gasteiger partial charge in [-0.2, -0.15) is 10.5 Å². The van der Waals surface area contributed by atoms with Crippen molar-refractivity contribution < 1.29 is 0 Å². The molecule has 0 saturated carbocycles. The Balaban J connectivity index is 3.45. The molecule has 1 atom stereocenters. The molecule has 8 heavy (non-hydrogen) atoms. The van der Waals surface area contributed by atoms with E-state index < -0.39 is 0 Å². The van der Waals surface area contributed by atoms with Gasteiger partial charge in [0.15, 0.2) is 0 Å². The van der Waals surface area contributed by atoms with Gasteiger partial charge in [-0.3, -0.25) is 0 Å². The van der Waals surface area contributed by atoms with E-state index in [0.717, 1.165) is 0 Å². The lowest BCUT2D eigenvalue weighted by molar-refractivity contribution is 0.696. The highest BCUT2D eigenvalue weighted by atomic mass is 14.5. The van der Waals surface area contributed by atoms with E-state index in [2.05, 4.69) is 0 Å². The minimum absolute atomic E-state index is 0.243. The largest absolute Gasteiger partial charge is 0.329 e. The molecule has 0 aromatic rings. The number of hydrogen-bond acceptors (Lipinski definition) is 3. The highest BCUT2D eigenvalue weighted by Crippen LogP contribution is 1.94. The van der Waals surface area contributed by atoms with Crippen LogP contribution < -0.4 is 5.73 Å². The minimum Gasteiger partial charge on any atom is -0.329 e. The van der Waals surface area contributed by atoms with Gasteiger partial charge < -0.3 is 5.73 Å². The summed E-state index contributed by atoms with van der Waals surface area (Å²) in [4.78, 5) is 0. The van der Waals surface area contributed by atoms with Crippen LogP contribution in [0.15, 0.2) is 0 Å². The SMILES string of the molecule is N#CCC(C#N)CN. The first-order valence-electron chi connectivity index (χ1n) is 2.31. The van der Waals surface area contributed by atoms with Crippen molar-refractivity contribution in [2.45, 2.75) is 6.42 Å². The fraction of sp³-hybridized carbons (Fsp3) is 0.600. The second-order valence-corrected chi connectivity index (χ2v) is 1.42. The van der Waals surface area contributed by atoms with Crippen LogP contribution in [0.1, 0.15) is 6.42 Å². The van der Waals surface area contributed by atoms with Crippen molar-refractivity contribution in [3.8, 4) is 12.1 Å². The minimum atomic E-state index is -0.278. The lowest BCUT2D eigenvalue weighted by atomic mass is 10.1. The van der Waals surface area contributed by atoms with Crippen LogP contribution in [0.2, 0.25) is 0 Å². The Morgan fingerprint density at radius 1 is 1.50 bits per heavy atom. The van der Waals surface area contributed by atoms with Crippen molar-refractivity contribution in [3.63, 3.8) is 0 Å². The molecule has 1 unspecified atom stereocenters. The standard InChI is InChI=1S/C5H7N3/c6-2-1-5(3-7)4-8/h5H,1,3,7H2. The second kappa shape index (κ2) is 4.11. The third-order valence-corrected chi connectivity index (χ3v) is 0.805. The molecule has 42 valence electrons. The molecule has 3 nitrogen and oxygen atoms in total. The molecule has 0 aliphatic carbocycles. The van der Waals surface area contributed by atoms with Crippen LogP contribution in [0.5, 0.6) is 0 Å². The summed E-state index contributed by atoms with van der Waals surface area (Å²) in [7, 11) is 0. The van der Waals surface area contributed by atoms with Crippen LogP contribution in [-0.2, 0) is 0 Å². The highest BCUT2D eigenvalue weighted by Gasteiger charge is 2.00. The molecule has 0 spiro atoms. The van der Waals surface area contributed by atoms with E-state index in [9.17, 15) is 0 Å². The Kier molecular flexibility index (Phi) is 3.56. The van der Waals surface area contributed by atoms with Gasteiger partial charge in [-0.25, -0.2) is 0 Å². The molecule has 0 amide bonds. The third kappa shape index (κ3) is 2.17. The smallest absolute Gasteiger partial charge is 0.0715 e. The van der Waals surface area contributed by atoms with E-state index in [-0.39, 0.29) is 18.9 Å². The fourth-order valence-electron chi connectivity index (χ4n) is 0.292. The van der Waals surface area contributed by atoms with Crippen LogP contribution in [0, 0.1) is 28.6 Å². The zero-order chi connectivity index (χ0) is 6.41. The van der Waals surface area contributed by atoms with E-state index in [1.807, 2.05) is 12.1 Å². The van der Waals surface area contributed by atoms with Crippen molar-refractivity contribution in [3.05, 3.63) is 0 Å². The number of nitrogens with zero attached hydrogens (tertiary/aromatic N) is 2. The Hall–Kier alpha value is -1.06. The van der Waals surface area contributed by atoms with Crippen LogP contribution in [0.3, 0.4) is 0 Å². The lowest BCUT2D eigenvalue weighted by Gasteiger charge is -1.93. The van der Waals surface area contributed by atoms with E-state index >= 15 is 0 Å². The summed E-state index contributed by atoms with van der Waals surface area (Å²) >= 11 is 0. The Morgan fingerprint density at radius 2 is 2.12 bits per heavy atom. The molecule has 0 aliphatic rings. The van der Waals surface area contributed by atoms with Gasteiger partial charge in [-0.1, -0.05) is 0 Å². The molecule has 0 fully saturated rings. The number of nitrogens with two attached hydrogens (primary N) is 1. The second-order valence-electron chi connectivity index (χ2n) is 1.42. The van der Waals surface area contributed by atoms with Crippen molar-refractivity contribution in [2.24, 2.45) is 11.7 Å². The molecular weight excluding hydrogens is 102 g/mol. The summed E-state index contributed by atoms with van der Waals surface area (Å²) in [6, 6.07) is 3.77. The molecule has 2 N–H and O–H groups in total. The summed E-state index contributed by atoms with van der Waals surface area (Å²) in [6.45, 7) is 0.282. The van der Waals surface area contributed by atoms with Crippen LogP contribution in [0.25, 0.3) is 0 Å². The van der Waals surface area contributed by atoms with Crippen LogP contribution >= 0.6 is 0 Å². The number of nitriles is 2. The molecule has 0 aliphatic heterocycles. The average molecular weight is 109 g/mol. The molecule has 0 aromatic carbocycles. The van der Waals surface area contributed by atoms with Crippen molar-refractivity contribution in [1.82, 2.24) is 0 Å². The highest BCUT2D eigenvalue weighted by molar-refractivity contribution is 4.90. The molecule has 0 rings (SSSR count). The molecule has 0 aromatic heterocycles. The van der Waals surface area contributed by atoms with Gasteiger partial charge in [-0.05, 0) is 0 Å². The Bertz CT molecular complexity index is 128. The molecule has 0 radical (unpaired) electrons. The average Bonchev–Trinajstić information content (AvgIpc) is 1.83. The van der Waals surface area contributed by atoms with Crippen LogP contribution in [0.4, 0.5) is 0 Å². The summed E-state index contributed by atoms with van der Waals surface area (Å²) in [6.07, 6.45) is 0.243. The monoisotopic (exact) mass is 109 g/mol. The van der Waals surface area contributed by atoms with Crippen molar-refractivity contribution in [1.29, 1.82) is 10.5 Å². The summed E-state index contributed by atoms with van der Waals surface area (Å²) in [5, 5.41) is 16.2. The predicted molar refractivity (Wildman–Crippen MR) is 28.4 cm³/mol. The van der Waals surface area contributed by atoms with Gasteiger partial charge in [0.05, 0.1) is 24.5 Å².